The van der Waals surface area contributed by atoms with E-state index >= 15 is 0 Å². The number of hydrogen-bond donors (Lipinski definition) is 1. The Hall–Kier alpha value is -1.36. The highest BCUT2D eigenvalue weighted by molar-refractivity contribution is 5.36. The van der Waals surface area contributed by atoms with Crippen molar-refractivity contribution in [2.75, 3.05) is 38.1 Å². The highest BCUT2D eigenvalue weighted by atomic mass is 16.5. The lowest BCUT2D eigenvalue weighted by Crippen LogP contribution is -2.28. The van der Waals surface area contributed by atoms with Crippen LogP contribution in [0.3, 0.4) is 0 Å². The maximum atomic E-state index is 5.59. The summed E-state index contributed by atoms with van der Waals surface area (Å²) in [6, 6.07) is 1.83. The number of ether oxygens (including phenoxy) is 1. The highest BCUT2D eigenvalue weighted by Gasteiger charge is 2.01. The van der Waals surface area contributed by atoms with Crippen LogP contribution in [0.2, 0.25) is 0 Å². The summed E-state index contributed by atoms with van der Waals surface area (Å²) in [5, 5.41) is 3.13. The van der Waals surface area contributed by atoms with Crippen molar-refractivity contribution in [1.82, 2.24) is 14.9 Å². The number of anilines is 1. The molecule has 0 aliphatic rings. The van der Waals surface area contributed by atoms with E-state index in [1.807, 2.05) is 13.0 Å². The highest BCUT2D eigenvalue weighted by Crippen LogP contribution is 2.10. The molecule has 0 radical (unpaired) electrons. The van der Waals surface area contributed by atoms with Gasteiger partial charge in [0.1, 0.15) is 18.8 Å². The molecular weight excluding hydrogens is 216 g/mol. The zero-order valence-corrected chi connectivity index (χ0v) is 10.9. The summed E-state index contributed by atoms with van der Waals surface area (Å²) in [6.45, 7) is 10.9. The summed E-state index contributed by atoms with van der Waals surface area (Å²) < 4.78 is 5.59. The van der Waals surface area contributed by atoms with E-state index in [1.54, 1.807) is 0 Å². The first kappa shape index (κ1) is 13.7. The third-order valence-electron chi connectivity index (χ3n) is 2.55. The van der Waals surface area contributed by atoms with E-state index in [-0.39, 0.29) is 0 Å². The molecule has 1 aromatic heterocycles. The van der Waals surface area contributed by atoms with E-state index in [9.17, 15) is 0 Å². The SMILES string of the molecule is CCNc1cc(OCCN(CC)CC)ncn1. The van der Waals surface area contributed by atoms with Gasteiger partial charge in [0, 0.05) is 19.2 Å². The van der Waals surface area contributed by atoms with Crippen LogP contribution in [0, 0.1) is 0 Å². The number of nitrogens with zero attached hydrogens (tertiary/aromatic N) is 3. The summed E-state index contributed by atoms with van der Waals surface area (Å²) in [6.07, 6.45) is 1.52. The lowest BCUT2D eigenvalue weighted by atomic mass is 10.5. The summed E-state index contributed by atoms with van der Waals surface area (Å²) >= 11 is 0. The van der Waals surface area contributed by atoms with Gasteiger partial charge >= 0.3 is 0 Å². The number of likely N-dealkylation sites (N-methyl/N-ethyl adjacent to an activating group) is 1. The average molecular weight is 238 g/mol. The molecule has 5 heteroatoms. The van der Waals surface area contributed by atoms with E-state index in [1.165, 1.54) is 6.33 Å². The van der Waals surface area contributed by atoms with Gasteiger partial charge < -0.3 is 15.0 Å². The van der Waals surface area contributed by atoms with E-state index in [0.717, 1.165) is 32.0 Å². The molecule has 0 aliphatic carbocycles. The Kier molecular flexibility index (Phi) is 6.32. The molecule has 0 aliphatic heterocycles. The van der Waals surface area contributed by atoms with Crippen molar-refractivity contribution in [1.29, 1.82) is 0 Å². The van der Waals surface area contributed by atoms with Crippen LogP contribution < -0.4 is 10.1 Å². The van der Waals surface area contributed by atoms with Crippen molar-refractivity contribution in [2.45, 2.75) is 20.8 Å². The Morgan fingerprint density at radius 2 is 2.00 bits per heavy atom. The Labute approximate surface area is 103 Å². The molecule has 0 aromatic carbocycles. The first-order valence-electron chi connectivity index (χ1n) is 6.21. The molecule has 0 fully saturated rings. The van der Waals surface area contributed by atoms with Crippen molar-refractivity contribution in [3.05, 3.63) is 12.4 Å². The summed E-state index contributed by atoms with van der Waals surface area (Å²) in [5.74, 6) is 1.43. The Morgan fingerprint density at radius 1 is 1.24 bits per heavy atom. The minimum atomic E-state index is 0.628. The van der Waals surface area contributed by atoms with E-state index in [2.05, 4.69) is 34.0 Å². The number of rotatable bonds is 8. The lowest BCUT2D eigenvalue weighted by molar-refractivity contribution is 0.218. The van der Waals surface area contributed by atoms with Gasteiger partial charge in [0.05, 0.1) is 0 Å². The van der Waals surface area contributed by atoms with Gasteiger partial charge in [-0.3, -0.25) is 0 Å². The van der Waals surface area contributed by atoms with Gasteiger partial charge in [0.25, 0.3) is 0 Å². The quantitative estimate of drug-likeness (QED) is 0.746. The summed E-state index contributed by atoms with van der Waals surface area (Å²) in [7, 11) is 0. The van der Waals surface area contributed by atoms with Crippen LogP contribution in [0.15, 0.2) is 12.4 Å². The van der Waals surface area contributed by atoms with Gasteiger partial charge in [0.15, 0.2) is 0 Å². The zero-order chi connectivity index (χ0) is 12.5. The monoisotopic (exact) mass is 238 g/mol. The first-order valence-corrected chi connectivity index (χ1v) is 6.21. The zero-order valence-electron chi connectivity index (χ0n) is 10.9. The van der Waals surface area contributed by atoms with Gasteiger partial charge in [-0.05, 0) is 20.0 Å². The molecule has 0 bridgehead atoms. The lowest BCUT2D eigenvalue weighted by Gasteiger charge is -2.17. The minimum Gasteiger partial charge on any atom is -0.476 e. The average Bonchev–Trinajstić information content (AvgIpc) is 2.36. The molecular formula is C12H22N4O. The fourth-order valence-corrected chi connectivity index (χ4v) is 1.52. The summed E-state index contributed by atoms with van der Waals surface area (Å²) in [4.78, 5) is 10.5. The summed E-state index contributed by atoms with van der Waals surface area (Å²) in [5.41, 5.74) is 0. The van der Waals surface area contributed by atoms with Gasteiger partial charge in [0.2, 0.25) is 5.88 Å². The predicted octanol–water partition coefficient (Wildman–Crippen LogP) is 1.63. The Balaban J connectivity index is 2.38. The topological polar surface area (TPSA) is 50.3 Å². The molecule has 0 saturated carbocycles. The van der Waals surface area contributed by atoms with Crippen molar-refractivity contribution >= 4 is 5.82 Å². The molecule has 1 heterocycles. The smallest absolute Gasteiger partial charge is 0.218 e. The fraction of sp³-hybridized carbons (Fsp3) is 0.667. The molecule has 17 heavy (non-hydrogen) atoms. The van der Waals surface area contributed by atoms with Crippen molar-refractivity contribution in [2.24, 2.45) is 0 Å². The van der Waals surface area contributed by atoms with Crippen molar-refractivity contribution in [3.8, 4) is 5.88 Å². The maximum Gasteiger partial charge on any atom is 0.218 e. The van der Waals surface area contributed by atoms with Crippen LogP contribution >= 0.6 is 0 Å². The second-order valence-corrected chi connectivity index (χ2v) is 3.65. The molecule has 0 atom stereocenters. The molecule has 0 saturated heterocycles. The van der Waals surface area contributed by atoms with Crippen LogP contribution in [0.4, 0.5) is 5.82 Å². The number of nitrogens with one attached hydrogen (secondary N) is 1. The normalized spacial score (nSPS) is 10.6. The Morgan fingerprint density at radius 3 is 2.65 bits per heavy atom. The second-order valence-electron chi connectivity index (χ2n) is 3.65. The van der Waals surface area contributed by atoms with E-state index in [4.69, 9.17) is 4.74 Å². The molecule has 5 nitrogen and oxygen atoms in total. The molecule has 0 spiro atoms. The fourth-order valence-electron chi connectivity index (χ4n) is 1.52. The third kappa shape index (κ3) is 4.99. The third-order valence-corrected chi connectivity index (χ3v) is 2.55. The second kappa shape index (κ2) is 7.84. The molecule has 0 amide bonds. The Bertz CT molecular complexity index is 315. The van der Waals surface area contributed by atoms with Crippen LogP contribution in [0.1, 0.15) is 20.8 Å². The van der Waals surface area contributed by atoms with Crippen molar-refractivity contribution < 1.29 is 4.74 Å². The molecule has 0 unspecified atom stereocenters. The van der Waals surface area contributed by atoms with Gasteiger partial charge in [-0.1, -0.05) is 13.8 Å². The maximum absolute atomic E-state index is 5.59. The molecule has 1 N–H and O–H groups in total. The van der Waals surface area contributed by atoms with Crippen LogP contribution in [-0.2, 0) is 0 Å². The minimum absolute atomic E-state index is 0.628. The van der Waals surface area contributed by atoms with Crippen LogP contribution in [-0.4, -0.2) is 47.7 Å². The van der Waals surface area contributed by atoms with Crippen molar-refractivity contribution in [3.63, 3.8) is 0 Å². The van der Waals surface area contributed by atoms with E-state index in [0.29, 0.717) is 12.5 Å². The largest absolute Gasteiger partial charge is 0.476 e. The van der Waals surface area contributed by atoms with Crippen LogP contribution in [0.25, 0.3) is 0 Å². The first-order chi connectivity index (χ1) is 8.30. The van der Waals surface area contributed by atoms with Gasteiger partial charge in [-0.25, -0.2) is 9.97 Å². The van der Waals surface area contributed by atoms with Crippen LogP contribution in [0.5, 0.6) is 5.88 Å². The van der Waals surface area contributed by atoms with E-state index < -0.39 is 0 Å². The van der Waals surface area contributed by atoms with Gasteiger partial charge in [-0.2, -0.15) is 0 Å². The molecule has 1 aromatic rings. The predicted molar refractivity (Wildman–Crippen MR) is 69.5 cm³/mol. The molecule has 1 rings (SSSR count). The number of hydrogen-bond acceptors (Lipinski definition) is 5. The number of aromatic nitrogens is 2. The van der Waals surface area contributed by atoms with Gasteiger partial charge in [-0.15, -0.1) is 0 Å². The standard InChI is InChI=1S/C12H22N4O/c1-4-13-11-9-12(15-10-14-11)17-8-7-16(5-2)6-3/h9-10H,4-8H2,1-3H3,(H,13,14,15). The molecule has 96 valence electrons.